The summed E-state index contributed by atoms with van der Waals surface area (Å²) in [6, 6.07) is 12.6. The van der Waals surface area contributed by atoms with Gasteiger partial charge in [0, 0.05) is 34.6 Å². The molecule has 0 fully saturated rings. The molecule has 0 saturated carbocycles. The van der Waals surface area contributed by atoms with Crippen LogP contribution in [-0.2, 0) is 13.0 Å². The van der Waals surface area contributed by atoms with Crippen molar-refractivity contribution in [1.29, 1.82) is 0 Å². The third-order valence-corrected chi connectivity index (χ3v) is 4.40. The van der Waals surface area contributed by atoms with Gasteiger partial charge in [-0.05, 0) is 44.8 Å². The maximum atomic E-state index is 5.75. The molecule has 0 aliphatic rings. The van der Waals surface area contributed by atoms with Crippen molar-refractivity contribution in [2.75, 3.05) is 32.6 Å². The lowest BCUT2D eigenvalue weighted by molar-refractivity contribution is 0.261. The zero-order valence-electron chi connectivity index (χ0n) is 13.1. The molecule has 0 bridgehead atoms. The molecule has 3 nitrogen and oxygen atoms in total. The number of aryl methyl sites for hydroxylation is 1. The van der Waals surface area contributed by atoms with Crippen LogP contribution in [0.1, 0.15) is 16.7 Å². The molecule has 0 amide bonds. The molecule has 1 aromatic heterocycles. The van der Waals surface area contributed by atoms with Crippen molar-refractivity contribution in [3.05, 3.63) is 46.2 Å². The van der Waals surface area contributed by atoms with Gasteiger partial charge in [-0.25, -0.2) is 0 Å². The van der Waals surface area contributed by atoms with Gasteiger partial charge in [0.05, 0.1) is 0 Å². The number of nitrogens with one attached hydrogen (secondary N) is 1. The van der Waals surface area contributed by atoms with Crippen LogP contribution in [0.15, 0.2) is 36.4 Å². The van der Waals surface area contributed by atoms with Gasteiger partial charge in [0.25, 0.3) is 0 Å². The van der Waals surface area contributed by atoms with Crippen molar-refractivity contribution in [3.8, 4) is 5.75 Å². The van der Waals surface area contributed by atoms with Gasteiger partial charge in [-0.15, -0.1) is 11.3 Å². The smallest absolute Gasteiger partial charge is 0.121 e. The summed E-state index contributed by atoms with van der Waals surface area (Å²) >= 11 is 1.87. The van der Waals surface area contributed by atoms with Crippen LogP contribution in [0.2, 0.25) is 0 Å². The second-order valence-corrected chi connectivity index (χ2v) is 6.51. The predicted molar refractivity (Wildman–Crippen MR) is 91.5 cm³/mol. The lowest BCUT2D eigenvalue weighted by atomic mass is 10.3. The van der Waals surface area contributed by atoms with Crippen molar-refractivity contribution < 1.29 is 4.74 Å². The van der Waals surface area contributed by atoms with Crippen LogP contribution in [0.4, 0.5) is 5.69 Å². The van der Waals surface area contributed by atoms with Gasteiger partial charge in [-0.1, -0.05) is 13.0 Å². The Kier molecular flexibility index (Phi) is 6.08. The molecule has 4 heteroatoms. The van der Waals surface area contributed by atoms with Gasteiger partial charge in [-0.2, -0.15) is 0 Å². The summed E-state index contributed by atoms with van der Waals surface area (Å²) in [5.74, 6) is 0.919. The number of anilines is 1. The molecule has 21 heavy (non-hydrogen) atoms. The molecule has 0 saturated heterocycles. The minimum absolute atomic E-state index is 0.710. The Balaban J connectivity index is 1.85. The molecule has 0 unspecified atom stereocenters. The molecule has 0 spiro atoms. The average Bonchev–Trinajstić information content (AvgIpc) is 2.93. The lowest BCUT2D eigenvalue weighted by Crippen LogP contribution is -2.19. The molecule has 0 aliphatic heterocycles. The van der Waals surface area contributed by atoms with E-state index in [9.17, 15) is 0 Å². The molecule has 0 aliphatic carbocycles. The lowest BCUT2D eigenvalue weighted by Gasteiger charge is -2.12. The molecule has 2 rings (SSSR count). The Morgan fingerprint density at radius 1 is 1.14 bits per heavy atom. The Morgan fingerprint density at radius 3 is 2.67 bits per heavy atom. The summed E-state index contributed by atoms with van der Waals surface area (Å²) in [4.78, 5) is 4.92. The van der Waals surface area contributed by atoms with E-state index in [-0.39, 0.29) is 0 Å². The SMILES string of the molecule is CCc1ccc(CNc2cccc(OCCN(C)C)c2)s1. The van der Waals surface area contributed by atoms with Gasteiger partial charge in [0.1, 0.15) is 12.4 Å². The quantitative estimate of drug-likeness (QED) is 0.801. The molecule has 1 heterocycles. The van der Waals surface area contributed by atoms with E-state index in [1.807, 2.05) is 37.6 Å². The van der Waals surface area contributed by atoms with Crippen LogP contribution in [0.25, 0.3) is 0 Å². The Morgan fingerprint density at radius 2 is 1.95 bits per heavy atom. The van der Waals surface area contributed by atoms with E-state index in [1.54, 1.807) is 0 Å². The van der Waals surface area contributed by atoms with Crippen molar-refractivity contribution in [3.63, 3.8) is 0 Å². The summed E-state index contributed by atoms with van der Waals surface area (Å²) in [5.41, 5.74) is 1.10. The monoisotopic (exact) mass is 304 g/mol. The zero-order chi connectivity index (χ0) is 15.1. The molecule has 114 valence electrons. The molecular weight excluding hydrogens is 280 g/mol. The number of rotatable bonds is 8. The Bertz CT molecular complexity index is 551. The van der Waals surface area contributed by atoms with Crippen LogP contribution in [0.3, 0.4) is 0 Å². The highest BCUT2D eigenvalue weighted by Crippen LogP contribution is 2.21. The zero-order valence-corrected chi connectivity index (χ0v) is 13.9. The van der Waals surface area contributed by atoms with Crippen LogP contribution in [-0.4, -0.2) is 32.1 Å². The predicted octanol–water partition coefficient (Wildman–Crippen LogP) is 3.86. The van der Waals surface area contributed by atoms with Crippen LogP contribution >= 0.6 is 11.3 Å². The fraction of sp³-hybridized carbons (Fsp3) is 0.412. The van der Waals surface area contributed by atoms with Crippen LogP contribution in [0.5, 0.6) is 5.75 Å². The molecular formula is C17H24N2OS. The van der Waals surface area contributed by atoms with Crippen LogP contribution < -0.4 is 10.1 Å². The number of hydrogen-bond acceptors (Lipinski definition) is 4. The van der Waals surface area contributed by atoms with Crippen LogP contribution in [0, 0.1) is 0 Å². The highest BCUT2D eigenvalue weighted by molar-refractivity contribution is 7.12. The van der Waals surface area contributed by atoms with Gasteiger partial charge < -0.3 is 15.0 Å². The second kappa shape index (κ2) is 8.05. The number of ether oxygens (including phenoxy) is 1. The van der Waals surface area contributed by atoms with E-state index >= 15 is 0 Å². The van der Waals surface area contributed by atoms with Crippen molar-refractivity contribution in [2.45, 2.75) is 19.9 Å². The Hall–Kier alpha value is -1.52. The highest BCUT2D eigenvalue weighted by atomic mass is 32.1. The standard InChI is InChI=1S/C17H24N2OS/c1-4-16-8-9-17(21-16)13-18-14-6-5-7-15(12-14)20-11-10-19(2)3/h5-9,12,18H,4,10-11,13H2,1-3H3. The molecule has 1 N–H and O–H groups in total. The van der Waals surface area contributed by atoms with E-state index in [0.717, 1.165) is 30.9 Å². The summed E-state index contributed by atoms with van der Waals surface area (Å²) in [7, 11) is 4.10. The first-order chi connectivity index (χ1) is 10.2. The van der Waals surface area contributed by atoms with E-state index < -0.39 is 0 Å². The van der Waals surface area contributed by atoms with E-state index in [2.05, 4.69) is 41.4 Å². The molecule has 1 aromatic carbocycles. The number of likely N-dealkylation sites (N-methyl/N-ethyl adjacent to an activating group) is 1. The Labute approximate surface area is 131 Å². The van der Waals surface area contributed by atoms with E-state index in [4.69, 9.17) is 4.74 Å². The maximum Gasteiger partial charge on any atom is 0.121 e. The topological polar surface area (TPSA) is 24.5 Å². The normalized spacial score (nSPS) is 10.9. The first-order valence-corrected chi connectivity index (χ1v) is 8.18. The molecule has 2 aromatic rings. The van der Waals surface area contributed by atoms with Crippen molar-refractivity contribution in [1.82, 2.24) is 4.90 Å². The summed E-state index contributed by atoms with van der Waals surface area (Å²) in [6.45, 7) is 4.69. The van der Waals surface area contributed by atoms with E-state index in [1.165, 1.54) is 9.75 Å². The third kappa shape index (κ3) is 5.40. The summed E-state index contributed by atoms with van der Waals surface area (Å²) < 4.78 is 5.75. The number of thiophene rings is 1. The summed E-state index contributed by atoms with van der Waals surface area (Å²) in [5, 5.41) is 3.46. The minimum Gasteiger partial charge on any atom is -0.492 e. The van der Waals surface area contributed by atoms with Gasteiger partial charge >= 0.3 is 0 Å². The number of hydrogen-bond donors (Lipinski definition) is 1. The van der Waals surface area contributed by atoms with E-state index in [0.29, 0.717) is 6.61 Å². The first kappa shape index (κ1) is 15.9. The average molecular weight is 304 g/mol. The third-order valence-electron chi connectivity index (χ3n) is 3.17. The summed E-state index contributed by atoms with van der Waals surface area (Å²) in [6.07, 6.45) is 1.11. The maximum absolute atomic E-state index is 5.75. The van der Waals surface area contributed by atoms with Crippen molar-refractivity contribution >= 4 is 17.0 Å². The highest BCUT2D eigenvalue weighted by Gasteiger charge is 2.00. The largest absolute Gasteiger partial charge is 0.492 e. The second-order valence-electron chi connectivity index (χ2n) is 5.25. The molecule has 0 atom stereocenters. The first-order valence-electron chi connectivity index (χ1n) is 7.36. The number of benzene rings is 1. The minimum atomic E-state index is 0.710. The van der Waals surface area contributed by atoms with Gasteiger partial charge in [0.2, 0.25) is 0 Å². The van der Waals surface area contributed by atoms with Gasteiger partial charge in [0.15, 0.2) is 0 Å². The van der Waals surface area contributed by atoms with Crippen molar-refractivity contribution in [2.24, 2.45) is 0 Å². The molecule has 0 radical (unpaired) electrons. The fourth-order valence-electron chi connectivity index (χ4n) is 1.94. The number of nitrogens with zero attached hydrogens (tertiary/aromatic N) is 1. The van der Waals surface area contributed by atoms with Gasteiger partial charge in [-0.3, -0.25) is 0 Å². The fourth-order valence-corrected chi connectivity index (χ4v) is 2.84.